The highest BCUT2D eigenvalue weighted by atomic mass is 16.6. The highest BCUT2D eigenvalue weighted by Crippen LogP contribution is 2.16. The standard InChI is InChI=1S/C61H112O6/c1-4-7-10-13-16-19-22-25-27-29-31-33-36-39-42-45-48-51-54-60(63)66-57-58(56-65-59(62)53-50-47-44-41-38-35-24-21-18-15-12-9-6-3)67-61(64)55-52-49-46-43-40-37-34-32-30-28-26-23-20-17-14-11-8-5-2/h31-35,38,58H,4-30,36-37,39-57H2,1-3H3/b33-31-,34-32-,38-35-. The Hall–Kier alpha value is -2.37. The number of carbonyl (C=O) groups excluding carboxylic acids is 3. The van der Waals surface area contributed by atoms with Crippen LogP contribution in [0.25, 0.3) is 0 Å². The van der Waals surface area contributed by atoms with Gasteiger partial charge in [-0.15, -0.1) is 0 Å². The monoisotopic (exact) mass is 941 g/mol. The zero-order valence-electron chi connectivity index (χ0n) is 44.9. The molecule has 0 bridgehead atoms. The van der Waals surface area contributed by atoms with Crippen LogP contribution in [0.5, 0.6) is 0 Å². The predicted octanol–water partition coefficient (Wildman–Crippen LogP) is 19.7. The van der Waals surface area contributed by atoms with Crippen LogP contribution in [0.1, 0.15) is 316 Å². The molecule has 1 unspecified atom stereocenters. The van der Waals surface area contributed by atoms with E-state index in [1.54, 1.807) is 0 Å². The number of hydrogen-bond donors (Lipinski definition) is 0. The number of unbranched alkanes of at least 4 members (excludes halogenated alkanes) is 37. The van der Waals surface area contributed by atoms with Crippen LogP contribution >= 0.6 is 0 Å². The summed E-state index contributed by atoms with van der Waals surface area (Å²) in [5, 5.41) is 0. The molecule has 0 N–H and O–H groups in total. The van der Waals surface area contributed by atoms with Gasteiger partial charge in [0.2, 0.25) is 0 Å². The Morgan fingerprint density at radius 1 is 0.284 bits per heavy atom. The Kier molecular flexibility index (Phi) is 54.2. The summed E-state index contributed by atoms with van der Waals surface area (Å²) in [7, 11) is 0. The third kappa shape index (κ3) is 54.4. The summed E-state index contributed by atoms with van der Waals surface area (Å²) in [6, 6.07) is 0. The molecule has 1 atom stereocenters. The Morgan fingerprint density at radius 3 is 0.761 bits per heavy atom. The molecule has 392 valence electrons. The minimum atomic E-state index is -0.784. The van der Waals surface area contributed by atoms with Gasteiger partial charge < -0.3 is 14.2 Å². The molecule has 0 aromatic carbocycles. The summed E-state index contributed by atoms with van der Waals surface area (Å²) >= 11 is 0. The highest BCUT2D eigenvalue weighted by molar-refractivity contribution is 5.71. The molecule has 0 saturated heterocycles. The van der Waals surface area contributed by atoms with Gasteiger partial charge in [-0.05, 0) is 96.3 Å². The van der Waals surface area contributed by atoms with E-state index in [9.17, 15) is 14.4 Å². The highest BCUT2D eigenvalue weighted by Gasteiger charge is 2.19. The van der Waals surface area contributed by atoms with E-state index in [-0.39, 0.29) is 31.1 Å². The lowest BCUT2D eigenvalue weighted by Gasteiger charge is -2.18. The van der Waals surface area contributed by atoms with Crippen molar-refractivity contribution >= 4 is 17.9 Å². The zero-order chi connectivity index (χ0) is 48.6. The topological polar surface area (TPSA) is 78.9 Å². The Morgan fingerprint density at radius 2 is 0.493 bits per heavy atom. The average molecular weight is 942 g/mol. The van der Waals surface area contributed by atoms with Gasteiger partial charge in [0, 0.05) is 19.3 Å². The van der Waals surface area contributed by atoms with E-state index in [2.05, 4.69) is 57.2 Å². The van der Waals surface area contributed by atoms with Crippen molar-refractivity contribution in [1.82, 2.24) is 0 Å². The second kappa shape index (κ2) is 56.2. The summed E-state index contributed by atoms with van der Waals surface area (Å²) < 4.78 is 16.9. The van der Waals surface area contributed by atoms with Crippen LogP contribution in [-0.2, 0) is 28.6 Å². The smallest absolute Gasteiger partial charge is 0.306 e. The Bertz CT molecular complexity index is 1130. The molecule has 0 heterocycles. The van der Waals surface area contributed by atoms with Gasteiger partial charge in [0.1, 0.15) is 13.2 Å². The summed E-state index contributed by atoms with van der Waals surface area (Å²) in [6.45, 7) is 6.64. The van der Waals surface area contributed by atoms with Crippen LogP contribution < -0.4 is 0 Å². The van der Waals surface area contributed by atoms with Gasteiger partial charge in [0.15, 0.2) is 6.10 Å². The van der Waals surface area contributed by atoms with Gasteiger partial charge in [-0.3, -0.25) is 14.4 Å². The van der Waals surface area contributed by atoms with Crippen LogP contribution in [0.3, 0.4) is 0 Å². The molecule has 6 heteroatoms. The fourth-order valence-corrected chi connectivity index (χ4v) is 8.60. The van der Waals surface area contributed by atoms with Gasteiger partial charge in [0.05, 0.1) is 0 Å². The average Bonchev–Trinajstić information content (AvgIpc) is 3.33. The molecule has 0 rings (SSSR count). The lowest BCUT2D eigenvalue weighted by molar-refractivity contribution is -0.167. The lowest BCUT2D eigenvalue weighted by atomic mass is 10.1. The molecule has 0 aromatic rings. The molecule has 0 fully saturated rings. The normalized spacial score (nSPS) is 12.2. The SMILES string of the molecule is CCCCCCCC/C=C\CCCCCC(=O)OCC(COC(=O)CCCCCCC/C=C\CCCCCCCCCCC)OC(=O)CCCCCCC/C=C\CCCCCCCCCCC. The fraction of sp³-hybridized carbons (Fsp3) is 0.852. The van der Waals surface area contributed by atoms with E-state index in [1.807, 2.05) is 0 Å². The summed E-state index contributed by atoms with van der Waals surface area (Å²) in [6.07, 6.45) is 67.1. The van der Waals surface area contributed by atoms with Crippen molar-refractivity contribution in [2.45, 2.75) is 322 Å². The number of ether oxygens (including phenoxy) is 3. The van der Waals surface area contributed by atoms with Crippen molar-refractivity contribution in [1.29, 1.82) is 0 Å². The van der Waals surface area contributed by atoms with Crippen LogP contribution in [0.2, 0.25) is 0 Å². The van der Waals surface area contributed by atoms with Gasteiger partial charge in [-0.1, -0.05) is 237 Å². The van der Waals surface area contributed by atoms with E-state index in [0.29, 0.717) is 19.3 Å². The van der Waals surface area contributed by atoms with E-state index in [4.69, 9.17) is 14.2 Å². The molecule has 0 aliphatic carbocycles. The maximum atomic E-state index is 12.9. The van der Waals surface area contributed by atoms with Crippen molar-refractivity contribution < 1.29 is 28.6 Å². The second-order valence-electron chi connectivity index (χ2n) is 19.9. The molecule has 0 aliphatic rings. The molecule has 0 saturated carbocycles. The third-order valence-electron chi connectivity index (χ3n) is 13.1. The molecule has 0 aliphatic heterocycles. The number of carbonyl (C=O) groups is 3. The van der Waals surface area contributed by atoms with Crippen LogP contribution in [0.15, 0.2) is 36.5 Å². The van der Waals surface area contributed by atoms with Crippen molar-refractivity contribution in [2.75, 3.05) is 13.2 Å². The first-order valence-corrected chi connectivity index (χ1v) is 29.5. The van der Waals surface area contributed by atoms with E-state index in [1.165, 1.54) is 193 Å². The quantitative estimate of drug-likeness (QED) is 0.0262. The Balaban J connectivity index is 4.37. The van der Waals surface area contributed by atoms with Gasteiger partial charge in [-0.25, -0.2) is 0 Å². The van der Waals surface area contributed by atoms with Crippen LogP contribution in [-0.4, -0.2) is 37.2 Å². The minimum absolute atomic E-state index is 0.0824. The lowest BCUT2D eigenvalue weighted by Crippen LogP contribution is -2.30. The maximum Gasteiger partial charge on any atom is 0.306 e. The van der Waals surface area contributed by atoms with E-state index in [0.717, 1.165) is 83.5 Å². The van der Waals surface area contributed by atoms with Gasteiger partial charge >= 0.3 is 17.9 Å². The molecule has 0 spiro atoms. The zero-order valence-corrected chi connectivity index (χ0v) is 44.9. The second-order valence-corrected chi connectivity index (χ2v) is 19.9. The molecule has 0 aromatic heterocycles. The van der Waals surface area contributed by atoms with Gasteiger partial charge in [-0.2, -0.15) is 0 Å². The number of rotatable bonds is 54. The largest absolute Gasteiger partial charge is 0.462 e. The predicted molar refractivity (Wildman–Crippen MR) is 289 cm³/mol. The summed E-state index contributed by atoms with van der Waals surface area (Å²) in [5.74, 6) is -0.899. The van der Waals surface area contributed by atoms with Gasteiger partial charge in [0.25, 0.3) is 0 Å². The molecule has 6 nitrogen and oxygen atoms in total. The van der Waals surface area contributed by atoms with Crippen molar-refractivity contribution in [3.63, 3.8) is 0 Å². The maximum absolute atomic E-state index is 12.9. The molecule has 0 radical (unpaired) electrons. The molecular weight excluding hydrogens is 829 g/mol. The van der Waals surface area contributed by atoms with Crippen LogP contribution in [0, 0.1) is 0 Å². The molecule has 0 amide bonds. The number of esters is 3. The first kappa shape index (κ1) is 64.6. The number of hydrogen-bond acceptors (Lipinski definition) is 6. The van der Waals surface area contributed by atoms with Crippen molar-refractivity contribution in [3.05, 3.63) is 36.5 Å². The summed E-state index contributed by atoms with van der Waals surface area (Å²) in [5.41, 5.74) is 0. The van der Waals surface area contributed by atoms with E-state index < -0.39 is 6.10 Å². The number of allylic oxidation sites excluding steroid dienone is 6. The Labute approximate surface area is 416 Å². The first-order valence-electron chi connectivity index (χ1n) is 29.5. The third-order valence-corrected chi connectivity index (χ3v) is 13.1. The minimum Gasteiger partial charge on any atom is -0.462 e. The molecular formula is C61H112O6. The summed E-state index contributed by atoms with van der Waals surface area (Å²) in [4.78, 5) is 38.1. The fourth-order valence-electron chi connectivity index (χ4n) is 8.60. The first-order chi connectivity index (χ1) is 33.0. The van der Waals surface area contributed by atoms with Crippen molar-refractivity contribution in [3.8, 4) is 0 Å². The molecule has 67 heavy (non-hydrogen) atoms. The van der Waals surface area contributed by atoms with E-state index >= 15 is 0 Å². The van der Waals surface area contributed by atoms with Crippen LogP contribution in [0.4, 0.5) is 0 Å². The van der Waals surface area contributed by atoms with Crippen molar-refractivity contribution in [2.24, 2.45) is 0 Å².